The molecule has 3 rings (SSSR count). The van der Waals surface area contributed by atoms with Gasteiger partial charge in [0.1, 0.15) is 17.2 Å². The van der Waals surface area contributed by atoms with Crippen LogP contribution in [0.1, 0.15) is 18.9 Å². The van der Waals surface area contributed by atoms with Gasteiger partial charge in [-0.25, -0.2) is 4.79 Å². The fourth-order valence-corrected chi connectivity index (χ4v) is 2.46. The van der Waals surface area contributed by atoms with Crippen molar-refractivity contribution in [3.8, 4) is 11.5 Å². The molecule has 5 heteroatoms. The maximum atomic E-state index is 12.2. The monoisotopic (exact) mass is 322 g/mol. The van der Waals surface area contributed by atoms with Crippen LogP contribution in [-0.2, 0) is 4.79 Å². The fourth-order valence-electron chi connectivity index (χ4n) is 2.46. The molecular formula is C19H18N2O3. The average Bonchev–Trinajstić information content (AvgIpc) is 2.84. The van der Waals surface area contributed by atoms with Crippen LogP contribution in [0.3, 0.4) is 0 Å². The number of urea groups is 1. The van der Waals surface area contributed by atoms with Crippen molar-refractivity contribution < 1.29 is 14.3 Å². The maximum absolute atomic E-state index is 12.2. The van der Waals surface area contributed by atoms with Crippen LogP contribution >= 0.6 is 0 Å². The Balaban J connectivity index is 1.80. The lowest BCUT2D eigenvalue weighted by atomic mass is 10.2. The van der Waals surface area contributed by atoms with Crippen molar-refractivity contribution in [2.24, 2.45) is 0 Å². The van der Waals surface area contributed by atoms with E-state index in [2.05, 4.69) is 5.32 Å². The van der Waals surface area contributed by atoms with E-state index in [0.29, 0.717) is 12.3 Å². The molecule has 0 radical (unpaired) electrons. The van der Waals surface area contributed by atoms with E-state index in [0.717, 1.165) is 17.7 Å². The Morgan fingerprint density at radius 3 is 2.54 bits per heavy atom. The van der Waals surface area contributed by atoms with Crippen LogP contribution in [0.5, 0.6) is 11.5 Å². The third-order valence-corrected chi connectivity index (χ3v) is 3.56. The van der Waals surface area contributed by atoms with Gasteiger partial charge in [-0.3, -0.25) is 9.69 Å². The molecule has 0 aliphatic carbocycles. The lowest BCUT2D eigenvalue weighted by Crippen LogP contribution is -2.31. The number of hydrogen-bond donors (Lipinski definition) is 1. The molecule has 3 amide bonds. The summed E-state index contributed by atoms with van der Waals surface area (Å²) in [6.07, 6.45) is 2.39. The molecule has 0 spiro atoms. The van der Waals surface area contributed by atoms with Crippen molar-refractivity contribution in [2.45, 2.75) is 13.3 Å². The summed E-state index contributed by atoms with van der Waals surface area (Å²) in [5, 5.41) is 2.61. The van der Waals surface area contributed by atoms with Gasteiger partial charge in [0.2, 0.25) is 0 Å². The largest absolute Gasteiger partial charge is 0.457 e. The van der Waals surface area contributed by atoms with Crippen molar-refractivity contribution >= 4 is 18.0 Å². The first-order valence-corrected chi connectivity index (χ1v) is 7.85. The third-order valence-electron chi connectivity index (χ3n) is 3.56. The van der Waals surface area contributed by atoms with Crippen LogP contribution in [-0.4, -0.2) is 23.4 Å². The highest BCUT2D eigenvalue weighted by Crippen LogP contribution is 2.23. The first-order valence-electron chi connectivity index (χ1n) is 7.85. The Kier molecular flexibility index (Phi) is 4.61. The number of hydrogen-bond acceptors (Lipinski definition) is 3. The summed E-state index contributed by atoms with van der Waals surface area (Å²) in [4.78, 5) is 25.3. The zero-order chi connectivity index (χ0) is 16.9. The van der Waals surface area contributed by atoms with Crippen molar-refractivity contribution in [3.63, 3.8) is 0 Å². The van der Waals surface area contributed by atoms with E-state index in [9.17, 15) is 9.59 Å². The van der Waals surface area contributed by atoms with Crippen LogP contribution in [0, 0.1) is 0 Å². The van der Waals surface area contributed by atoms with E-state index in [1.54, 1.807) is 6.08 Å². The minimum Gasteiger partial charge on any atom is -0.457 e. The minimum absolute atomic E-state index is 0.283. The van der Waals surface area contributed by atoms with Crippen LogP contribution in [0.4, 0.5) is 4.79 Å². The summed E-state index contributed by atoms with van der Waals surface area (Å²) in [6, 6.07) is 16.4. The lowest BCUT2D eigenvalue weighted by molar-refractivity contribution is -0.122. The van der Waals surface area contributed by atoms with Crippen LogP contribution in [0.15, 0.2) is 60.3 Å². The molecule has 1 aliphatic rings. The summed E-state index contributed by atoms with van der Waals surface area (Å²) in [7, 11) is 0. The van der Waals surface area contributed by atoms with E-state index < -0.39 is 0 Å². The molecule has 0 bridgehead atoms. The number of imide groups is 1. The molecule has 0 saturated carbocycles. The van der Waals surface area contributed by atoms with E-state index in [1.165, 1.54) is 4.90 Å². The summed E-state index contributed by atoms with van der Waals surface area (Å²) in [5.74, 6) is 1.11. The summed E-state index contributed by atoms with van der Waals surface area (Å²) < 4.78 is 5.78. The number of carbonyl (C=O) groups is 2. The highest BCUT2D eigenvalue weighted by atomic mass is 16.5. The Labute approximate surface area is 140 Å². The van der Waals surface area contributed by atoms with Crippen LogP contribution in [0.2, 0.25) is 0 Å². The van der Waals surface area contributed by atoms with Gasteiger partial charge in [-0.15, -0.1) is 0 Å². The van der Waals surface area contributed by atoms with E-state index in [4.69, 9.17) is 4.74 Å². The molecule has 122 valence electrons. The molecule has 1 fully saturated rings. The Hall–Kier alpha value is -3.08. The van der Waals surface area contributed by atoms with Gasteiger partial charge in [-0.05, 0) is 42.3 Å². The molecule has 2 aromatic carbocycles. The number of nitrogens with one attached hydrogen (secondary N) is 1. The average molecular weight is 322 g/mol. The Bertz CT molecular complexity index is 784. The second kappa shape index (κ2) is 7.00. The lowest BCUT2D eigenvalue weighted by Gasteiger charge is -2.08. The number of ether oxygens (including phenoxy) is 1. The molecule has 0 aromatic heterocycles. The highest BCUT2D eigenvalue weighted by Gasteiger charge is 2.32. The molecule has 24 heavy (non-hydrogen) atoms. The van der Waals surface area contributed by atoms with Crippen LogP contribution < -0.4 is 10.1 Å². The van der Waals surface area contributed by atoms with Gasteiger partial charge in [-0.2, -0.15) is 0 Å². The molecule has 0 atom stereocenters. The van der Waals surface area contributed by atoms with Gasteiger partial charge >= 0.3 is 6.03 Å². The van der Waals surface area contributed by atoms with E-state index >= 15 is 0 Å². The SMILES string of the molecule is CCCN1C(=O)N/C(=C/c2cccc(Oc3ccccc3)c2)C1=O. The Morgan fingerprint density at radius 1 is 1.04 bits per heavy atom. The summed E-state index contributed by atoms with van der Waals surface area (Å²) in [5.41, 5.74) is 1.07. The predicted octanol–water partition coefficient (Wildman–Crippen LogP) is 3.78. The number of para-hydroxylation sites is 1. The standard InChI is InChI=1S/C19H18N2O3/c1-2-11-21-18(22)17(20-19(21)23)13-14-7-6-10-16(12-14)24-15-8-4-3-5-9-15/h3-10,12-13H,2,11H2,1H3,(H,20,23)/b17-13+. The summed E-state index contributed by atoms with van der Waals surface area (Å²) in [6.45, 7) is 2.34. The number of amides is 3. The number of carbonyl (C=O) groups excluding carboxylic acids is 2. The normalized spacial score (nSPS) is 15.7. The fraction of sp³-hybridized carbons (Fsp3) is 0.158. The topological polar surface area (TPSA) is 58.6 Å². The highest BCUT2D eigenvalue weighted by molar-refractivity contribution is 6.13. The van der Waals surface area contributed by atoms with Crippen molar-refractivity contribution in [2.75, 3.05) is 6.54 Å². The van der Waals surface area contributed by atoms with Gasteiger partial charge in [-0.1, -0.05) is 37.3 Å². The zero-order valence-corrected chi connectivity index (χ0v) is 13.4. The van der Waals surface area contributed by atoms with Gasteiger partial charge in [0.25, 0.3) is 5.91 Å². The van der Waals surface area contributed by atoms with Crippen molar-refractivity contribution in [3.05, 3.63) is 65.9 Å². The molecule has 0 unspecified atom stereocenters. The smallest absolute Gasteiger partial charge is 0.329 e. The molecule has 2 aromatic rings. The molecule has 1 aliphatic heterocycles. The predicted molar refractivity (Wildman–Crippen MR) is 91.5 cm³/mol. The zero-order valence-electron chi connectivity index (χ0n) is 13.4. The second-order valence-corrected chi connectivity index (χ2v) is 5.43. The van der Waals surface area contributed by atoms with Gasteiger partial charge in [0.15, 0.2) is 0 Å². The Morgan fingerprint density at radius 2 is 1.79 bits per heavy atom. The van der Waals surface area contributed by atoms with E-state index in [-0.39, 0.29) is 17.6 Å². The molecule has 1 saturated heterocycles. The second-order valence-electron chi connectivity index (χ2n) is 5.43. The van der Waals surface area contributed by atoms with Gasteiger partial charge < -0.3 is 10.1 Å². The number of rotatable bonds is 5. The minimum atomic E-state index is -0.371. The van der Waals surface area contributed by atoms with Gasteiger partial charge in [0.05, 0.1) is 0 Å². The molecule has 1 heterocycles. The molecular weight excluding hydrogens is 304 g/mol. The third kappa shape index (κ3) is 3.46. The number of nitrogens with zero attached hydrogens (tertiary/aromatic N) is 1. The first-order chi connectivity index (χ1) is 11.7. The van der Waals surface area contributed by atoms with E-state index in [1.807, 2.05) is 61.5 Å². The quantitative estimate of drug-likeness (QED) is 0.673. The molecule has 5 nitrogen and oxygen atoms in total. The molecule has 1 N–H and O–H groups in total. The van der Waals surface area contributed by atoms with Crippen molar-refractivity contribution in [1.82, 2.24) is 10.2 Å². The number of benzene rings is 2. The van der Waals surface area contributed by atoms with Crippen molar-refractivity contribution in [1.29, 1.82) is 0 Å². The summed E-state index contributed by atoms with van der Waals surface area (Å²) >= 11 is 0. The van der Waals surface area contributed by atoms with Gasteiger partial charge in [0, 0.05) is 6.54 Å². The first kappa shape index (κ1) is 15.8. The maximum Gasteiger partial charge on any atom is 0.329 e. The van der Waals surface area contributed by atoms with Crippen LogP contribution in [0.25, 0.3) is 6.08 Å².